The van der Waals surface area contributed by atoms with Crippen LogP contribution in [0.5, 0.6) is 0 Å². The lowest BCUT2D eigenvalue weighted by Crippen LogP contribution is -2.30. The van der Waals surface area contributed by atoms with E-state index in [1.165, 1.54) is 38.9 Å². The zero-order chi connectivity index (χ0) is 11.4. The standard InChI is InChI=1S/C15H23N/c1-3-13(2)12-16-10-8-14-6-4-5-7-15(14)9-11-16/h4-7,13H,3,8-12H2,1-2H3. The minimum Gasteiger partial charge on any atom is -0.302 e. The van der Waals surface area contributed by atoms with Gasteiger partial charge in [0.05, 0.1) is 0 Å². The van der Waals surface area contributed by atoms with Crippen molar-refractivity contribution >= 4 is 0 Å². The Bertz CT molecular complexity index is 305. The fourth-order valence-corrected chi connectivity index (χ4v) is 2.47. The predicted molar refractivity (Wildman–Crippen MR) is 69.7 cm³/mol. The van der Waals surface area contributed by atoms with E-state index in [2.05, 4.69) is 43.0 Å². The molecule has 1 atom stereocenters. The Labute approximate surface area is 99.5 Å². The molecule has 0 aromatic heterocycles. The fourth-order valence-electron chi connectivity index (χ4n) is 2.47. The summed E-state index contributed by atoms with van der Waals surface area (Å²) in [5, 5.41) is 0. The lowest BCUT2D eigenvalue weighted by molar-refractivity contribution is 0.245. The maximum Gasteiger partial charge on any atom is 0.00222 e. The Hall–Kier alpha value is -0.820. The molecule has 1 aliphatic rings. The average molecular weight is 217 g/mol. The van der Waals surface area contributed by atoms with E-state index in [9.17, 15) is 0 Å². The molecule has 1 aliphatic heterocycles. The van der Waals surface area contributed by atoms with Gasteiger partial charge in [-0.05, 0) is 29.9 Å². The van der Waals surface area contributed by atoms with E-state index in [0.29, 0.717) is 0 Å². The van der Waals surface area contributed by atoms with Crippen LogP contribution >= 0.6 is 0 Å². The molecule has 0 aliphatic carbocycles. The molecule has 0 fully saturated rings. The first kappa shape index (κ1) is 11.7. The highest BCUT2D eigenvalue weighted by Gasteiger charge is 2.14. The zero-order valence-corrected chi connectivity index (χ0v) is 10.6. The lowest BCUT2D eigenvalue weighted by atomic mass is 10.0. The van der Waals surface area contributed by atoms with E-state index in [1.807, 2.05) is 0 Å². The first-order valence-corrected chi connectivity index (χ1v) is 6.58. The van der Waals surface area contributed by atoms with E-state index in [-0.39, 0.29) is 0 Å². The monoisotopic (exact) mass is 217 g/mol. The summed E-state index contributed by atoms with van der Waals surface area (Å²) >= 11 is 0. The van der Waals surface area contributed by atoms with Gasteiger partial charge in [0.2, 0.25) is 0 Å². The summed E-state index contributed by atoms with van der Waals surface area (Å²) in [5.41, 5.74) is 3.13. The molecular weight excluding hydrogens is 194 g/mol. The van der Waals surface area contributed by atoms with E-state index < -0.39 is 0 Å². The van der Waals surface area contributed by atoms with Crippen molar-refractivity contribution < 1.29 is 0 Å². The molecule has 1 unspecified atom stereocenters. The molecule has 0 spiro atoms. The first-order valence-electron chi connectivity index (χ1n) is 6.58. The third-order valence-electron chi connectivity index (χ3n) is 3.78. The van der Waals surface area contributed by atoms with E-state index in [4.69, 9.17) is 0 Å². The molecule has 0 radical (unpaired) electrons. The molecular formula is C15H23N. The van der Waals surface area contributed by atoms with E-state index in [0.717, 1.165) is 5.92 Å². The maximum absolute atomic E-state index is 2.63. The van der Waals surface area contributed by atoms with Crippen molar-refractivity contribution in [2.24, 2.45) is 5.92 Å². The average Bonchev–Trinajstić information content (AvgIpc) is 2.52. The summed E-state index contributed by atoms with van der Waals surface area (Å²) < 4.78 is 0. The van der Waals surface area contributed by atoms with Crippen LogP contribution in [0, 0.1) is 5.92 Å². The highest BCUT2D eigenvalue weighted by atomic mass is 15.1. The van der Waals surface area contributed by atoms with Gasteiger partial charge in [-0.15, -0.1) is 0 Å². The van der Waals surface area contributed by atoms with Crippen molar-refractivity contribution in [1.29, 1.82) is 0 Å². The minimum atomic E-state index is 0.834. The van der Waals surface area contributed by atoms with Crippen LogP contribution in [-0.2, 0) is 12.8 Å². The molecule has 0 saturated carbocycles. The molecule has 1 aromatic rings. The number of nitrogens with zero attached hydrogens (tertiary/aromatic N) is 1. The largest absolute Gasteiger partial charge is 0.302 e. The SMILES string of the molecule is CCC(C)CN1CCc2ccccc2CC1. The molecule has 16 heavy (non-hydrogen) atoms. The van der Waals surface area contributed by atoms with Crippen molar-refractivity contribution in [3.05, 3.63) is 35.4 Å². The predicted octanol–water partition coefficient (Wildman–Crippen LogP) is 3.13. The molecule has 2 rings (SSSR count). The molecule has 0 N–H and O–H groups in total. The first-order chi connectivity index (χ1) is 7.79. The van der Waals surface area contributed by atoms with Gasteiger partial charge in [0.1, 0.15) is 0 Å². The van der Waals surface area contributed by atoms with Crippen LogP contribution in [0.2, 0.25) is 0 Å². The van der Waals surface area contributed by atoms with E-state index in [1.54, 1.807) is 11.1 Å². The van der Waals surface area contributed by atoms with Crippen molar-refractivity contribution in [2.75, 3.05) is 19.6 Å². The second-order valence-corrected chi connectivity index (χ2v) is 5.08. The Morgan fingerprint density at radius 2 is 1.69 bits per heavy atom. The summed E-state index contributed by atoms with van der Waals surface area (Å²) in [7, 11) is 0. The van der Waals surface area contributed by atoms with Crippen LogP contribution < -0.4 is 0 Å². The van der Waals surface area contributed by atoms with Crippen LogP contribution in [0.1, 0.15) is 31.4 Å². The number of hydrogen-bond acceptors (Lipinski definition) is 1. The van der Waals surface area contributed by atoms with Crippen LogP contribution in [0.4, 0.5) is 0 Å². The summed E-state index contributed by atoms with van der Waals surface area (Å²) in [6, 6.07) is 8.93. The molecule has 0 saturated heterocycles. The molecule has 0 bridgehead atoms. The second-order valence-electron chi connectivity index (χ2n) is 5.08. The number of fused-ring (bicyclic) bond motifs is 1. The highest BCUT2D eigenvalue weighted by molar-refractivity contribution is 5.28. The summed E-state index contributed by atoms with van der Waals surface area (Å²) in [5.74, 6) is 0.834. The highest BCUT2D eigenvalue weighted by Crippen LogP contribution is 2.16. The smallest absolute Gasteiger partial charge is 0.00222 e. The van der Waals surface area contributed by atoms with Gasteiger partial charge in [-0.25, -0.2) is 0 Å². The third kappa shape index (κ3) is 2.85. The molecule has 1 heteroatoms. The van der Waals surface area contributed by atoms with E-state index >= 15 is 0 Å². The summed E-state index contributed by atoms with van der Waals surface area (Å²) in [6.45, 7) is 8.39. The Kier molecular flexibility index (Phi) is 4.00. The van der Waals surface area contributed by atoms with Gasteiger partial charge < -0.3 is 4.90 Å². The minimum absolute atomic E-state index is 0.834. The molecule has 1 nitrogen and oxygen atoms in total. The Morgan fingerprint density at radius 3 is 2.19 bits per heavy atom. The van der Waals surface area contributed by atoms with Gasteiger partial charge in [-0.3, -0.25) is 0 Å². The van der Waals surface area contributed by atoms with Gasteiger partial charge in [-0.2, -0.15) is 0 Å². The quantitative estimate of drug-likeness (QED) is 0.752. The maximum atomic E-state index is 2.63. The molecule has 0 amide bonds. The summed E-state index contributed by atoms with van der Waals surface area (Å²) in [6.07, 6.45) is 3.75. The van der Waals surface area contributed by atoms with Crippen LogP contribution in [0.25, 0.3) is 0 Å². The van der Waals surface area contributed by atoms with Gasteiger partial charge in [-0.1, -0.05) is 44.5 Å². The molecule has 1 aromatic carbocycles. The second kappa shape index (κ2) is 5.49. The topological polar surface area (TPSA) is 3.24 Å². The van der Waals surface area contributed by atoms with Crippen molar-refractivity contribution in [3.63, 3.8) is 0 Å². The molecule has 88 valence electrons. The van der Waals surface area contributed by atoms with Crippen molar-refractivity contribution in [3.8, 4) is 0 Å². The number of hydrogen-bond donors (Lipinski definition) is 0. The Morgan fingerprint density at radius 1 is 1.12 bits per heavy atom. The Balaban J connectivity index is 1.97. The lowest BCUT2D eigenvalue weighted by Gasteiger charge is -2.23. The fraction of sp³-hybridized carbons (Fsp3) is 0.600. The third-order valence-corrected chi connectivity index (χ3v) is 3.78. The normalized spacial score (nSPS) is 18.9. The van der Waals surface area contributed by atoms with Crippen LogP contribution in [-0.4, -0.2) is 24.5 Å². The summed E-state index contributed by atoms with van der Waals surface area (Å²) in [4.78, 5) is 2.63. The van der Waals surface area contributed by atoms with Gasteiger partial charge in [0.15, 0.2) is 0 Å². The zero-order valence-electron chi connectivity index (χ0n) is 10.6. The number of rotatable bonds is 3. The van der Waals surface area contributed by atoms with Crippen LogP contribution in [0.15, 0.2) is 24.3 Å². The van der Waals surface area contributed by atoms with Crippen molar-refractivity contribution in [2.45, 2.75) is 33.1 Å². The molecule has 1 heterocycles. The van der Waals surface area contributed by atoms with Gasteiger partial charge in [0, 0.05) is 19.6 Å². The van der Waals surface area contributed by atoms with Crippen molar-refractivity contribution in [1.82, 2.24) is 4.90 Å². The van der Waals surface area contributed by atoms with Gasteiger partial charge in [0.25, 0.3) is 0 Å². The van der Waals surface area contributed by atoms with Crippen LogP contribution in [0.3, 0.4) is 0 Å². The number of benzene rings is 1. The van der Waals surface area contributed by atoms with Gasteiger partial charge >= 0.3 is 0 Å².